The fourth-order valence-electron chi connectivity index (χ4n) is 2.08. The van der Waals surface area contributed by atoms with Crippen LogP contribution < -0.4 is 5.73 Å². The highest BCUT2D eigenvalue weighted by Crippen LogP contribution is 2.19. The van der Waals surface area contributed by atoms with Gasteiger partial charge in [-0.2, -0.15) is 0 Å². The molecule has 0 saturated heterocycles. The Morgan fingerprint density at radius 2 is 1.87 bits per heavy atom. The van der Waals surface area contributed by atoms with Gasteiger partial charge < -0.3 is 10.8 Å². The molecule has 1 aromatic carbocycles. The molecule has 0 atom stereocenters. The fourth-order valence-corrected chi connectivity index (χ4v) is 2.08. The van der Waals surface area contributed by atoms with E-state index in [-0.39, 0.29) is 0 Å². The summed E-state index contributed by atoms with van der Waals surface area (Å²) in [5.74, 6) is 0.630. The van der Waals surface area contributed by atoms with Gasteiger partial charge in [0.1, 0.15) is 5.82 Å². The summed E-state index contributed by atoms with van der Waals surface area (Å²) in [6, 6.07) is 8.39. The summed E-state index contributed by atoms with van der Waals surface area (Å²) in [6.45, 7) is 3.67. The average molecular weight is 313 g/mol. The van der Waals surface area contributed by atoms with Gasteiger partial charge in [-0.1, -0.05) is 24.3 Å². The van der Waals surface area contributed by atoms with Crippen LogP contribution in [0.25, 0.3) is 16.9 Å². The Balaban J connectivity index is 0.000000433. The molecule has 120 valence electrons. The van der Waals surface area contributed by atoms with Crippen molar-refractivity contribution < 1.29 is 9.90 Å². The lowest BCUT2D eigenvalue weighted by molar-refractivity contribution is -0.134. The summed E-state index contributed by atoms with van der Waals surface area (Å²) in [5.41, 5.74) is 8.98. The normalized spacial score (nSPS) is 10.2. The molecule has 7 heteroatoms. The summed E-state index contributed by atoms with van der Waals surface area (Å²) in [4.78, 5) is 13.3. The number of hydrogen-bond donors (Lipinski definition) is 2. The lowest BCUT2D eigenvalue weighted by Gasteiger charge is -2.04. The maximum Gasteiger partial charge on any atom is 0.300 e. The van der Waals surface area contributed by atoms with Crippen molar-refractivity contribution in [2.75, 3.05) is 6.54 Å². The molecule has 7 nitrogen and oxygen atoms in total. The summed E-state index contributed by atoms with van der Waals surface area (Å²) in [5, 5.41) is 15.4. The molecule has 2 aromatic heterocycles. The first-order chi connectivity index (χ1) is 11.0. The third-order valence-electron chi connectivity index (χ3n) is 3.16. The first kappa shape index (κ1) is 16.6. The highest BCUT2D eigenvalue weighted by atomic mass is 16.4. The molecule has 0 aliphatic carbocycles. The predicted molar refractivity (Wildman–Crippen MR) is 87.0 cm³/mol. The number of carboxylic acid groups (broad SMARTS) is 1. The van der Waals surface area contributed by atoms with E-state index in [1.54, 1.807) is 0 Å². The van der Waals surface area contributed by atoms with Crippen LogP contribution in [0.1, 0.15) is 18.3 Å². The van der Waals surface area contributed by atoms with Crippen molar-refractivity contribution in [2.24, 2.45) is 5.73 Å². The number of benzene rings is 1. The number of aliphatic carboxylic acids is 1. The van der Waals surface area contributed by atoms with Crippen LogP contribution >= 0.6 is 0 Å². The average Bonchev–Trinajstić information content (AvgIpc) is 2.89. The van der Waals surface area contributed by atoms with Gasteiger partial charge in [0.05, 0.1) is 0 Å². The van der Waals surface area contributed by atoms with E-state index in [0.717, 1.165) is 30.3 Å². The molecule has 0 aliphatic rings. The Bertz CT molecular complexity index is 792. The molecule has 0 bridgehead atoms. The van der Waals surface area contributed by atoms with Gasteiger partial charge in [0.15, 0.2) is 0 Å². The number of aromatic nitrogens is 4. The standard InChI is InChI=1S/C14H15N5.C2H4O2/c1-10-17-18-14-16-8-13(9-19(10)14)12-4-2-11(3-5-12)6-7-15;1-2(3)4/h2-5,8-9H,6-7,15H2,1H3;1H3,(H,3,4). The number of carbonyl (C=O) groups is 1. The quantitative estimate of drug-likeness (QED) is 0.762. The van der Waals surface area contributed by atoms with E-state index in [1.807, 2.05) is 23.7 Å². The Morgan fingerprint density at radius 1 is 1.22 bits per heavy atom. The van der Waals surface area contributed by atoms with Crippen molar-refractivity contribution in [2.45, 2.75) is 20.3 Å². The molecule has 0 fully saturated rings. The first-order valence-corrected chi connectivity index (χ1v) is 7.17. The predicted octanol–water partition coefficient (Wildman–Crippen LogP) is 1.69. The van der Waals surface area contributed by atoms with Gasteiger partial charge in [0, 0.05) is 24.9 Å². The zero-order valence-corrected chi connectivity index (χ0v) is 13.1. The molecular formula is C16H19N5O2. The van der Waals surface area contributed by atoms with Crippen LogP contribution in [-0.2, 0) is 11.2 Å². The molecule has 23 heavy (non-hydrogen) atoms. The van der Waals surface area contributed by atoms with Crippen LogP contribution in [0.15, 0.2) is 36.7 Å². The van der Waals surface area contributed by atoms with Gasteiger partial charge in [-0.3, -0.25) is 9.20 Å². The third kappa shape index (κ3) is 4.33. The van der Waals surface area contributed by atoms with Gasteiger partial charge in [0.25, 0.3) is 11.7 Å². The highest BCUT2D eigenvalue weighted by molar-refractivity contribution is 5.63. The summed E-state index contributed by atoms with van der Waals surface area (Å²) in [7, 11) is 0. The third-order valence-corrected chi connectivity index (χ3v) is 3.16. The Morgan fingerprint density at radius 3 is 2.48 bits per heavy atom. The summed E-state index contributed by atoms with van der Waals surface area (Å²) >= 11 is 0. The molecule has 0 amide bonds. The fraction of sp³-hybridized carbons (Fsp3) is 0.250. The first-order valence-electron chi connectivity index (χ1n) is 7.17. The van der Waals surface area contributed by atoms with Crippen molar-refractivity contribution in [3.8, 4) is 11.1 Å². The second kappa shape index (κ2) is 7.46. The number of fused-ring (bicyclic) bond motifs is 1. The second-order valence-corrected chi connectivity index (χ2v) is 5.01. The lowest BCUT2D eigenvalue weighted by atomic mass is 10.1. The SMILES string of the molecule is CC(=O)O.Cc1nnc2ncc(-c3ccc(CCN)cc3)cn12. The number of aryl methyl sites for hydroxylation is 1. The number of rotatable bonds is 3. The molecular weight excluding hydrogens is 294 g/mol. The van der Waals surface area contributed by atoms with Gasteiger partial charge in [0.2, 0.25) is 0 Å². The van der Waals surface area contributed by atoms with Gasteiger partial charge in [-0.15, -0.1) is 10.2 Å². The van der Waals surface area contributed by atoms with Crippen LogP contribution in [0.5, 0.6) is 0 Å². The molecule has 0 radical (unpaired) electrons. The maximum absolute atomic E-state index is 9.00. The van der Waals surface area contributed by atoms with Gasteiger partial charge in [-0.25, -0.2) is 4.98 Å². The monoisotopic (exact) mass is 313 g/mol. The summed E-state index contributed by atoms with van der Waals surface area (Å²) in [6.07, 6.45) is 4.74. The van der Waals surface area contributed by atoms with Gasteiger partial charge in [-0.05, 0) is 31.0 Å². The largest absolute Gasteiger partial charge is 0.481 e. The minimum atomic E-state index is -0.833. The second-order valence-electron chi connectivity index (χ2n) is 5.01. The van der Waals surface area contributed by atoms with E-state index in [0.29, 0.717) is 12.3 Å². The number of hydrogen-bond acceptors (Lipinski definition) is 5. The van der Waals surface area contributed by atoms with Crippen molar-refractivity contribution in [3.05, 3.63) is 48.0 Å². The molecule has 0 saturated carbocycles. The van der Waals surface area contributed by atoms with E-state index in [1.165, 1.54) is 5.56 Å². The zero-order valence-electron chi connectivity index (χ0n) is 13.1. The van der Waals surface area contributed by atoms with Crippen LogP contribution in [0.2, 0.25) is 0 Å². The lowest BCUT2D eigenvalue weighted by Crippen LogP contribution is -2.02. The Labute approximate surface area is 133 Å². The molecule has 0 aliphatic heterocycles. The topological polar surface area (TPSA) is 106 Å². The van der Waals surface area contributed by atoms with Crippen LogP contribution in [0.4, 0.5) is 0 Å². The van der Waals surface area contributed by atoms with E-state index in [2.05, 4.69) is 39.4 Å². The Kier molecular flexibility index (Phi) is 5.37. The van der Waals surface area contributed by atoms with E-state index in [9.17, 15) is 0 Å². The summed E-state index contributed by atoms with van der Waals surface area (Å²) < 4.78 is 1.89. The zero-order chi connectivity index (χ0) is 16.8. The van der Waals surface area contributed by atoms with E-state index < -0.39 is 5.97 Å². The maximum atomic E-state index is 9.00. The van der Waals surface area contributed by atoms with E-state index in [4.69, 9.17) is 15.6 Å². The van der Waals surface area contributed by atoms with Crippen molar-refractivity contribution in [3.63, 3.8) is 0 Å². The molecule has 0 spiro atoms. The number of nitrogens with zero attached hydrogens (tertiary/aromatic N) is 4. The van der Waals surface area contributed by atoms with Crippen LogP contribution in [0.3, 0.4) is 0 Å². The minimum Gasteiger partial charge on any atom is -0.481 e. The molecule has 0 unspecified atom stereocenters. The number of nitrogens with two attached hydrogens (primary N) is 1. The molecule has 2 heterocycles. The van der Waals surface area contributed by atoms with Crippen molar-refractivity contribution in [1.82, 2.24) is 19.6 Å². The van der Waals surface area contributed by atoms with E-state index >= 15 is 0 Å². The minimum absolute atomic E-state index is 0.626. The number of carboxylic acids is 1. The van der Waals surface area contributed by atoms with Crippen LogP contribution in [-0.4, -0.2) is 37.2 Å². The smallest absolute Gasteiger partial charge is 0.300 e. The van der Waals surface area contributed by atoms with Crippen LogP contribution in [0, 0.1) is 6.92 Å². The Hall–Kier alpha value is -2.80. The molecule has 3 rings (SSSR count). The van der Waals surface area contributed by atoms with Crippen molar-refractivity contribution >= 4 is 11.7 Å². The van der Waals surface area contributed by atoms with Gasteiger partial charge >= 0.3 is 0 Å². The highest BCUT2D eigenvalue weighted by Gasteiger charge is 2.04. The molecule has 3 N–H and O–H groups in total. The molecule has 3 aromatic rings. The van der Waals surface area contributed by atoms with Crippen molar-refractivity contribution in [1.29, 1.82) is 0 Å².